The van der Waals surface area contributed by atoms with Crippen LogP contribution in [0.5, 0.6) is 5.75 Å². The molecule has 0 bridgehead atoms. The van der Waals surface area contributed by atoms with Crippen molar-refractivity contribution in [3.8, 4) is 11.8 Å². The molecule has 21 heavy (non-hydrogen) atoms. The molecule has 0 aliphatic carbocycles. The summed E-state index contributed by atoms with van der Waals surface area (Å²) in [5.41, 5.74) is -0.638. The van der Waals surface area contributed by atoms with Crippen molar-refractivity contribution in [2.24, 2.45) is 0 Å². The number of nitrogens with zero attached hydrogens (tertiary/aromatic N) is 1. The number of anilines is 1. The predicted molar refractivity (Wildman–Crippen MR) is 83.8 cm³/mol. The molecule has 0 aliphatic rings. The highest BCUT2D eigenvalue weighted by Gasteiger charge is 2.30. The summed E-state index contributed by atoms with van der Waals surface area (Å²) in [6.45, 7) is 3.33. The number of thiophene rings is 1. The molecule has 0 fully saturated rings. The number of halogens is 1. The summed E-state index contributed by atoms with van der Waals surface area (Å²) in [6, 6.07) is 10.5. The molecule has 0 aliphatic heterocycles. The molecule has 0 unspecified atom stereocenters. The van der Waals surface area contributed by atoms with Crippen molar-refractivity contribution < 1.29 is 9.53 Å². The lowest BCUT2D eigenvalue weighted by molar-refractivity contribution is -0.128. The Morgan fingerprint density at radius 2 is 2.00 bits per heavy atom. The van der Waals surface area contributed by atoms with Gasteiger partial charge in [0.1, 0.15) is 16.8 Å². The van der Waals surface area contributed by atoms with E-state index in [1.807, 2.05) is 6.07 Å². The molecule has 2 rings (SSSR count). The Balaban J connectivity index is 2.10. The molecule has 0 spiro atoms. The Morgan fingerprint density at radius 3 is 2.62 bits per heavy atom. The van der Waals surface area contributed by atoms with Crippen LogP contribution in [0.3, 0.4) is 0 Å². The van der Waals surface area contributed by atoms with Gasteiger partial charge in [-0.05, 0) is 49.6 Å². The number of nitrogens with one attached hydrogen (secondary N) is 1. The lowest BCUT2D eigenvalue weighted by atomic mass is 10.1. The van der Waals surface area contributed by atoms with Gasteiger partial charge in [0.05, 0.1) is 5.56 Å². The van der Waals surface area contributed by atoms with Crippen LogP contribution in [0.25, 0.3) is 0 Å². The van der Waals surface area contributed by atoms with Crippen LogP contribution in [0, 0.1) is 11.3 Å². The smallest absolute Gasteiger partial charge is 0.268 e. The minimum Gasteiger partial charge on any atom is -0.478 e. The third-order valence-electron chi connectivity index (χ3n) is 2.75. The zero-order valence-electron chi connectivity index (χ0n) is 11.5. The maximum atomic E-state index is 12.3. The molecule has 1 aromatic heterocycles. The normalized spacial score (nSPS) is 10.8. The maximum Gasteiger partial charge on any atom is 0.268 e. The fourth-order valence-corrected chi connectivity index (χ4v) is 2.45. The molecular weight excluding hydrogens is 308 g/mol. The third-order valence-corrected chi connectivity index (χ3v) is 3.83. The van der Waals surface area contributed by atoms with E-state index in [2.05, 4.69) is 5.32 Å². The fourth-order valence-electron chi connectivity index (χ4n) is 1.59. The lowest BCUT2D eigenvalue weighted by Crippen LogP contribution is -2.42. The Kier molecular flexibility index (Phi) is 4.51. The van der Waals surface area contributed by atoms with Gasteiger partial charge in [0.2, 0.25) is 0 Å². The fraction of sp³-hybridized carbons (Fsp3) is 0.200. The first kappa shape index (κ1) is 15.4. The summed E-state index contributed by atoms with van der Waals surface area (Å²) in [5.74, 6) is 0.225. The van der Waals surface area contributed by atoms with Crippen molar-refractivity contribution in [2.45, 2.75) is 19.4 Å². The first-order valence-electron chi connectivity index (χ1n) is 6.16. The van der Waals surface area contributed by atoms with E-state index in [0.717, 1.165) is 0 Å². The average Bonchev–Trinajstić information content (AvgIpc) is 2.88. The van der Waals surface area contributed by atoms with Crippen LogP contribution < -0.4 is 10.1 Å². The van der Waals surface area contributed by atoms with E-state index in [9.17, 15) is 4.79 Å². The Morgan fingerprint density at radius 1 is 1.33 bits per heavy atom. The van der Waals surface area contributed by atoms with Crippen molar-refractivity contribution in [1.29, 1.82) is 5.26 Å². The van der Waals surface area contributed by atoms with Crippen LogP contribution >= 0.6 is 22.9 Å². The van der Waals surface area contributed by atoms with Gasteiger partial charge in [-0.3, -0.25) is 4.79 Å². The van der Waals surface area contributed by atoms with Gasteiger partial charge in [-0.2, -0.15) is 5.26 Å². The van der Waals surface area contributed by atoms with Gasteiger partial charge in [-0.25, -0.2) is 0 Å². The largest absolute Gasteiger partial charge is 0.478 e. The van der Waals surface area contributed by atoms with Gasteiger partial charge >= 0.3 is 0 Å². The number of benzene rings is 1. The van der Waals surface area contributed by atoms with E-state index in [0.29, 0.717) is 21.3 Å². The van der Waals surface area contributed by atoms with Gasteiger partial charge in [0.25, 0.3) is 5.91 Å². The molecule has 1 N–H and O–H groups in total. The Labute approximate surface area is 131 Å². The molecule has 1 heterocycles. The number of carbonyl (C=O) groups excluding carboxylic acids is 1. The molecule has 108 valence electrons. The monoisotopic (exact) mass is 320 g/mol. The predicted octanol–water partition coefficient (Wildman–Crippen LogP) is 4.07. The lowest BCUT2D eigenvalue weighted by Gasteiger charge is -2.25. The van der Waals surface area contributed by atoms with Crippen LogP contribution in [0.2, 0.25) is 5.02 Å². The SMILES string of the molecule is CC(C)(Oc1ccc(Cl)cc1)C(=O)Nc1sccc1C#N. The van der Waals surface area contributed by atoms with Crippen LogP contribution in [-0.4, -0.2) is 11.5 Å². The number of amides is 1. The number of hydrogen-bond donors (Lipinski definition) is 1. The molecule has 0 saturated carbocycles. The van der Waals surface area contributed by atoms with Gasteiger partial charge in [0.15, 0.2) is 5.60 Å². The zero-order valence-corrected chi connectivity index (χ0v) is 13.1. The van der Waals surface area contributed by atoms with Crippen LogP contribution in [0.1, 0.15) is 19.4 Å². The number of ether oxygens (including phenoxy) is 1. The minimum absolute atomic E-state index is 0.323. The summed E-state index contributed by atoms with van der Waals surface area (Å²) in [4.78, 5) is 12.3. The standard InChI is InChI=1S/C15H13ClN2O2S/c1-15(2,20-12-5-3-11(16)4-6-12)14(19)18-13-10(9-17)7-8-21-13/h3-8H,1-2H3,(H,18,19). The number of carbonyl (C=O) groups is 1. The number of nitriles is 1. The maximum absolute atomic E-state index is 12.3. The third kappa shape index (κ3) is 3.75. The van der Waals surface area contributed by atoms with Crippen LogP contribution in [0.4, 0.5) is 5.00 Å². The molecule has 0 saturated heterocycles. The highest BCUT2D eigenvalue weighted by atomic mass is 35.5. The second-order valence-corrected chi connectivity index (χ2v) is 6.15. The molecule has 0 radical (unpaired) electrons. The van der Waals surface area contributed by atoms with E-state index >= 15 is 0 Å². The van der Waals surface area contributed by atoms with E-state index in [1.54, 1.807) is 49.6 Å². The zero-order chi connectivity index (χ0) is 15.5. The van der Waals surface area contributed by atoms with Crippen molar-refractivity contribution in [1.82, 2.24) is 0 Å². The first-order chi connectivity index (χ1) is 9.92. The number of hydrogen-bond acceptors (Lipinski definition) is 4. The van der Waals surface area contributed by atoms with Gasteiger partial charge in [0, 0.05) is 5.02 Å². The summed E-state index contributed by atoms with van der Waals surface area (Å²) in [7, 11) is 0. The van der Waals surface area contributed by atoms with E-state index in [-0.39, 0.29) is 5.91 Å². The molecule has 2 aromatic rings. The molecule has 4 nitrogen and oxygen atoms in total. The van der Waals surface area contributed by atoms with Crippen LogP contribution in [0.15, 0.2) is 35.7 Å². The van der Waals surface area contributed by atoms with Crippen molar-refractivity contribution in [3.05, 3.63) is 46.3 Å². The average molecular weight is 321 g/mol. The minimum atomic E-state index is -1.08. The highest BCUT2D eigenvalue weighted by Crippen LogP contribution is 2.25. The van der Waals surface area contributed by atoms with Gasteiger partial charge < -0.3 is 10.1 Å². The summed E-state index contributed by atoms with van der Waals surface area (Å²) >= 11 is 7.11. The Bertz CT molecular complexity index is 686. The van der Waals surface area contributed by atoms with E-state index in [4.69, 9.17) is 21.6 Å². The molecule has 0 atom stereocenters. The van der Waals surface area contributed by atoms with E-state index in [1.165, 1.54) is 11.3 Å². The van der Waals surface area contributed by atoms with Gasteiger partial charge in [-0.15, -0.1) is 11.3 Å². The van der Waals surface area contributed by atoms with E-state index < -0.39 is 5.60 Å². The number of rotatable bonds is 4. The first-order valence-corrected chi connectivity index (χ1v) is 7.42. The second-order valence-electron chi connectivity index (χ2n) is 4.80. The molecular formula is C15H13ClN2O2S. The summed E-state index contributed by atoms with van der Waals surface area (Å²) in [6.07, 6.45) is 0. The van der Waals surface area contributed by atoms with Crippen molar-refractivity contribution >= 4 is 33.8 Å². The topological polar surface area (TPSA) is 62.1 Å². The van der Waals surface area contributed by atoms with Crippen LogP contribution in [-0.2, 0) is 4.79 Å². The second kappa shape index (κ2) is 6.17. The van der Waals surface area contributed by atoms with Gasteiger partial charge in [-0.1, -0.05) is 11.6 Å². The highest BCUT2D eigenvalue weighted by molar-refractivity contribution is 7.14. The summed E-state index contributed by atoms with van der Waals surface area (Å²) < 4.78 is 5.69. The van der Waals surface area contributed by atoms with Crippen molar-refractivity contribution in [3.63, 3.8) is 0 Å². The Hall–Kier alpha value is -2.03. The summed E-state index contributed by atoms with van der Waals surface area (Å²) in [5, 5.41) is 14.5. The van der Waals surface area contributed by atoms with Crippen molar-refractivity contribution in [2.75, 3.05) is 5.32 Å². The quantitative estimate of drug-likeness (QED) is 0.923. The molecule has 1 amide bonds. The molecule has 6 heteroatoms. The molecule has 1 aromatic carbocycles.